The van der Waals surface area contributed by atoms with Gasteiger partial charge in [0, 0.05) is 12.7 Å². The Morgan fingerprint density at radius 3 is 2.42 bits per heavy atom. The fourth-order valence-corrected chi connectivity index (χ4v) is 2.87. The first-order valence-corrected chi connectivity index (χ1v) is 9.89. The molecule has 164 valence electrons. The Labute approximate surface area is 180 Å². The predicted molar refractivity (Wildman–Crippen MR) is 113 cm³/mol. The van der Waals surface area contributed by atoms with E-state index in [1.807, 2.05) is 58.0 Å². The Bertz CT molecular complexity index is 951. The molecule has 0 bridgehead atoms. The highest BCUT2D eigenvalue weighted by atomic mass is 19.2. The summed E-state index contributed by atoms with van der Waals surface area (Å²) in [7, 11) is -0.799. The Hall–Kier alpha value is -2.78. The third-order valence-corrected chi connectivity index (χ3v) is 5.38. The molecule has 31 heavy (non-hydrogen) atoms. The van der Waals surface area contributed by atoms with Gasteiger partial charge in [-0.1, -0.05) is 36.4 Å². The molecule has 2 aromatic rings. The fraction of sp³-hybridized carbons (Fsp3) is 0.364. The van der Waals surface area contributed by atoms with Crippen molar-refractivity contribution in [3.8, 4) is 0 Å². The Balaban J connectivity index is 1.73. The van der Waals surface area contributed by atoms with Crippen LogP contribution in [0.3, 0.4) is 0 Å². The summed E-state index contributed by atoms with van der Waals surface area (Å²) < 4.78 is 44.1. The van der Waals surface area contributed by atoms with Crippen molar-refractivity contribution in [2.75, 3.05) is 6.54 Å². The van der Waals surface area contributed by atoms with Gasteiger partial charge in [0.15, 0.2) is 5.82 Å². The number of amides is 1. The average molecular weight is 430 g/mol. The highest BCUT2D eigenvalue weighted by Crippen LogP contribution is 2.38. The molecule has 0 radical (unpaired) electrons. The lowest BCUT2D eigenvalue weighted by Gasteiger charge is -2.32. The quantitative estimate of drug-likeness (QED) is 0.547. The largest absolute Gasteiger partial charge is 0.492 e. The van der Waals surface area contributed by atoms with Crippen molar-refractivity contribution in [1.82, 2.24) is 10.3 Å². The third-order valence-electron chi connectivity index (χ3n) is 5.38. The molecule has 0 spiro atoms. The molecule has 2 heterocycles. The molecule has 1 aromatic carbocycles. The van der Waals surface area contributed by atoms with Crippen LogP contribution in [0, 0.1) is 11.8 Å². The highest BCUT2D eigenvalue weighted by molar-refractivity contribution is 6.56. The van der Waals surface area contributed by atoms with Gasteiger partial charge in [-0.25, -0.2) is 14.2 Å². The number of aromatic nitrogens is 1. The van der Waals surface area contributed by atoms with Crippen LogP contribution in [0.15, 0.2) is 48.1 Å². The van der Waals surface area contributed by atoms with Crippen LogP contribution in [-0.4, -0.2) is 35.9 Å². The summed E-state index contributed by atoms with van der Waals surface area (Å²) in [4.78, 5) is 15.6. The van der Waals surface area contributed by atoms with Crippen molar-refractivity contribution in [2.45, 2.75) is 45.5 Å². The zero-order chi connectivity index (χ0) is 22.6. The first kappa shape index (κ1) is 22.9. The molecule has 0 saturated carbocycles. The van der Waals surface area contributed by atoms with Gasteiger partial charge < -0.3 is 19.4 Å². The Morgan fingerprint density at radius 2 is 1.81 bits per heavy atom. The molecule has 0 unspecified atom stereocenters. The lowest BCUT2D eigenvalue weighted by Crippen LogP contribution is -2.41. The summed E-state index contributed by atoms with van der Waals surface area (Å²) in [6, 6.07) is 10.3. The standard InChI is InChI=1S/C22H25BF2N2O4/c1-21(2)22(3,4)31-23(30-21)17(10-16-11-18(24)19(25)26-12-16)13-27-20(28)29-14-15-8-6-5-7-9-15/h5-12H,13-14H2,1-4H3,(H,27,28). The number of carbonyl (C=O) groups is 1. The van der Waals surface area contributed by atoms with Gasteiger partial charge in [-0.3, -0.25) is 0 Å². The van der Waals surface area contributed by atoms with E-state index in [2.05, 4.69) is 10.3 Å². The Kier molecular flexibility index (Phi) is 6.76. The summed E-state index contributed by atoms with van der Waals surface area (Å²) in [5.74, 6) is -2.26. The number of hydrogen-bond acceptors (Lipinski definition) is 5. The fourth-order valence-electron chi connectivity index (χ4n) is 2.87. The molecule has 1 amide bonds. The third kappa shape index (κ3) is 5.68. The molecular formula is C22H25BF2N2O4. The maximum absolute atomic E-state index is 13.6. The molecule has 6 nitrogen and oxygen atoms in total. The number of carbonyl (C=O) groups excluding carboxylic acids is 1. The van der Waals surface area contributed by atoms with Crippen molar-refractivity contribution < 1.29 is 27.6 Å². The second kappa shape index (κ2) is 9.15. The first-order valence-electron chi connectivity index (χ1n) is 9.89. The number of rotatable bonds is 6. The van der Waals surface area contributed by atoms with Crippen LogP contribution in [-0.2, 0) is 20.7 Å². The van der Waals surface area contributed by atoms with E-state index in [1.165, 1.54) is 6.20 Å². The molecule has 1 aromatic heterocycles. The smallest absolute Gasteiger partial charge is 0.445 e. The summed E-state index contributed by atoms with van der Waals surface area (Å²) in [6.07, 6.45) is 2.11. The van der Waals surface area contributed by atoms with Gasteiger partial charge >= 0.3 is 13.2 Å². The van der Waals surface area contributed by atoms with Gasteiger partial charge in [-0.2, -0.15) is 4.39 Å². The van der Waals surface area contributed by atoms with Gasteiger partial charge in [-0.05, 0) is 50.4 Å². The minimum absolute atomic E-state index is 0.0173. The van der Waals surface area contributed by atoms with Crippen LogP contribution in [0.25, 0.3) is 6.08 Å². The molecule has 1 fully saturated rings. The van der Waals surface area contributed by atoms with Gasteiger partial charge in [-0.15, -0.1) is 0 Å². The van der Waals surface area contributed by atoms with E-state index < -0.39 is 36.2 Å². The SMILES string of the molecule is CC1(C)OB(C(=Cc2cnc(F)c(F)c2)CNC(=O)OCc2ccccc2)OC1(C)C. The Morgan fingerprint density at radius 1 is 1.16 bits per heavy atom. The van der Waals surface area contributed by atoms with E-state index in [0.29, 0.717) is 11.0 Å². The molecular weight excluding hydrogens is 405 g/mol. The van der Waals surface area contributed by atoms with E-state index in [9.17, 15) is 13.6 Å². The second-order valence-electron chi connectivity index (χ2n) is 8.26. The van der Waals surface area contributed by atoms with Gasteiger partial charge in [0.25, 0.3) is 0 Å². The number of pyridine rings is 1. The normalized spacial score (nSPS) is 17.5. The van der Waals surface area contributed by atoms with E-state index in [1.54, 1.807) is 6.08 Å². The molecule has 1 aliphatic rings. The second-order valence-corrected chi connectivity index (χ2v) is 8.26. The van der Waals surface area contributed by atoms with E-state index in [0.717, 1.165) is 11.6 Å². The number of halogens is 2. The van der Waals surface area contributed by atoms with E-state index in [-0.39, 0.29) is 13.2 Å². The molecule has 0 aliphatic carbocycles. The average Bonchev–Trinajstić information content (AvgIpc) is 2.94. The molecule has 1 aliphatic heterocycles. The van der Waals surface area contributed by atoms with Crippen molar-refractivity contribution in [1.29, 1.82) is 0 Å². The number of benzene rings is 1. The molecule has 1 N–H and O–H groups in total. The van der Waals surface area contributed by atoms with Crippen LogP contribution in [0.2, 0.25) is 0 Å². The van der Waals surface area contributed by atoms with Crippen LogP contribution in [0.4, 0.5) is 13.6 Å². The van der Waals surface area contributed by atoms with Gasteiger partial charge in [0.05, 0.1) is 11.2 Å². The van der Waals surface area contributed by atoms with E-state index >= 15 is 0 Å². The topological polar surface area (TPSA) is 69.7 Å². The van der Waals surface area contributed by atoms with E-state index in [4.69, 9.17) is 14.0 Å². The molecule has 9 heteroatoms. The lowest BCUT2D eigenvalue weighted by atomic mass is 9.77. The monoisotopic (exact) mass is 430 g/mol. The van der Waals surface area contributed by atoms with Crippen LogP contribution in [0.5, 0.6) is 0 Å². The maximum atomic E-state index is 13.6. The number of nitrogens with zero attached hydrogens (tertiary/aromatic N) is 1. The van der Waals surface area contributed by atoms with Crippen LogP contribution >= 0.6 is 0 Å². The number of nitrogens with one attached hydrogen (secondary N) is 1. The van der Waals surface area contributed by atoms with Crippen molar-refractivity contribution in [2.24, 2.45) is 0 Å². The predicted octanol–water partition coefficient (Wildman–Crippen LogP) is 4.30. The minimum Gasteiger partial charge on any atom is -0.445 e. The lowest BCUT2D eigenvalue weighted by molar-refractivity contribution is 0.00578. The maximum Gasteiger partial charge on any atom is 0.492 e. The van der Waals surface area contributed by atoms with Crippen molar-refractivity contribution in [3.05, 3.63) is 71.0 Å². The van der Waals surface area contributed by atoms with Crippen LogP contribution in [0.1, 0.15) is 38.8 Å². The van der Waals surface area contributed by atoms with Gasteiger partial charge in [0.1, 0.15) is 6.61 Å². The summed E-state index contributed by atoms with van der Waals surface area (Å²) in [6.45, 7) is 7.71. The number of hydrogen-bond donors (Lipinski definition) is 1. The van der Waals surface area contributed by atoms with Crippen LogP contribution < -0.4 is 5.32 Å². The van der Waals surface area contributed by atoms with Crippen molar-refractivity contribution in [3.63, 3.8) is 0 Å². The van der Waals surface area contributed by atoms with Crippen molar-refractivity contribution >= 4 is 19.3 Å². The number of ether oxygens (including phenoxy) is 1. The molecule has 3 rings (SSSR count). The summed E-state index contributed by atoms with van der Waals surface area (Å²) in [5, 5.41) is 2.65. The molecule has 1 saturated heterocycles. The first-order chi connectivity index (χ1) is 14.6. The summed E-state index contributed by atoms with van der Waals surface area (Å²) in [5.41, 5.74) is 0.437. The minimum atomic E-state index is -1.18. The highest BCUT2D eigenvalue weighted by Gasteiger charge is 2.52. The zero-order valence-electron chi connectivity index (χ0n) is 17.9. The summed E-state index contributed by atoms with van der Waals surface area (Å²) >= 11 is 0. The zero-order valence-corrected chi connectivity index (χ0v) is 17.9. The van der Waals surface area contributed by atoms with Gasteiger partial charge in [0.2, 0.25) is 5.95 Å². The number of alkyl carbamates (subject to hydrolysis) is 1. The molecule has 0 atom stereocenters.